The lowest BCUT2D eigenvalue weighted by molar-refractivity contribution is 0.0734. The lowest BCUT2D eigenvalue weighted by Crippen LogP contribution is -2.34. The van der Waals surface area contributed by atoms with Gasteiger partial charge in [0, 0.05) is 37.5 Å². The van der Waals surface area contributed by atoms with Crippen LogP contribution in [-0.4, -0.2) is 32.1 Å². The van der Waals surface area contributed by atoms with Crippen LogP contribution in [0.4, 0.5) is 0 Å². The predicted molar refractivity (Wildman–Crippen MR) is 73.3 cm³/mol. The summed E-state index contributed by atoms with van der Waals surface area (Å²) in [6, 6.07) is 4.76. The Morgan fingerprint density at radius 1 is 1.40 bits per heavy atom. The van der Waals surface area contributed by atoms with Crippen molar-refractivity contribution in [3.8, 4) is 0 Å². The van der Waals surface area contributed by atoms with Crippen LogP contribution in [0.1, 0.15) is 28.2 Å². The minimum absolute atomic E-state index is 0.112. The molecule has 0 radical (unpaired) electrons. The van der Waals surface area contributed by atoms with Crippen LogP contribution in [-0.2, 0) is 20.0 Å². The molecular weight excluding hydrogens is 256 g/mol. The van der Waals surface area contributed by atoms with Crippen LogP contribution in [0.25, 0.3) is 0 Å². The van der Waals surface area contributed by atoms with E-state index in [-0.39, 0.29) is 11.5 Å². The van der Waals surface area contributed by atoms with Gasteiger partial charge in [-0.3, -0.25) is 14.7 Å². The third-order valence-corrected chi connectivity index (χ3v) is 3.71. The van der Waals surface area contributed by atoms with Gasteiger partial charge in [0.25, 0.3) is 11.5 Å². The molecular formula is C14H16N4O2. The van der Waals surface area contributed by atoms with Gasteiger partial charge in [-0.05, 0) is 18.9 Å². The molecule has 0 spiro atoms. The number of carbonyl (C=O) groups is 1. The second-order valence-electron chi connectivity index (χ2n) is 5.01. The van der Waals surface area contributed by atoms with E-state index >= 15 is 0 Å². The van der Waals surface area contributed by atoms with Crippen molar-refractivity contribution in [2.75, 3.05) is 6.54 Å². The van der Waals surface area contributed by atoms with Crippen molar-refractivity contribution < 1.29 is 4.79 Å². The van der Waals surface area contributed by atoms with Crippen LogP contribution in [0.5, 0.6) is 0 Å². The molecule has 0 fully saturated rings. The average molecular weight is 272 g/mol. The zero-order chi connectivity index (χ0) is 14.1. The highest BCUT2D eigenvalue weighted by Gasteiger charge is 2.22. The zero-order valence-electron chi connectivity index (χ0n) is 11.3. The second-order valence-corrected chi connectivity index (χ2v) is 5.01. The first-order valence-corrected chi connectivity index (χ1v) is 6.63. The summed E-state index contributed by atoms with van der Waals surface area (Å²) in [7, 11) is 1.62. The smallest absolute Gasteiger partial charge is 0.270 e. The quantitative estimate of drug-likeness (QED) is 0.830. The first-order chi connectivity index (χ1) is 9.66. The fourth-order valence-corrected chi connectivity index (χ4v) is 2.54. The molecule has 1 N–H and O–H groups in total. The van der Waals surface area contributed by atoms with E-state index < -0.39 is 0 Å². The molecule has 3 heterocycles. The Labute approximate surface area is 116 Å². The van der Waals surface area contributed by atoms with E-state index in [2.05, 4.69) is 10.2 Å². The van der Waals surface area contributed by atoms with Gasteiger partial charge >= 0.3 is 0 Å². The van der Waals surface area contributed by atoms with E-state index in [0.717, 1.165) is 24.1 Å². The van der Waals surface area contributed by atoms with Crippen molar-refractivity contribution >= 4 is 5.91 Å². The largest absolute Gasteiger partial charge is 0.333 e. The summed E-state index contributed by atoms with van der Waals surface area (Å²) in [6.45, 7) is 1.22. The Bertz CT molecular complexity index is 701. The molecule has 0 saturated heterocycles. The van der Waals surface area contributed by atoms with Crippen LogP contribution in [0.2, 0.25) is 0 Å². The Balaban J connectivity index is 1.91. The molecule has 2 aromatic heterocycles. The van der Waals surface area contributed by atoms with Gasteiger partial charge in [-0.15, -0.1) is 0 Å². The number of hydrogen-bond acceptors (Lipinski definition) is 3. The van der Waals surface area contributed by atoms with E-state index in [4.69, 9.17) is 0 Å². The molecule has 0 aliphatic carbocycles. The van der Waals surface area contributed by atoms with Gasteiger partial charge in [-0.1, -0.05) is 6.07 Å². The summed E-state index contributed by atoms with van der Waals surface area (Å²) in [6.07, 6.45) is 3.56. The van der Waals surface area contributed by atoms with Gasteiger partial charge in [0.05, 0.1) is 6.20 Å². The summed E-state index contributed by atoms with van der Waals surface area (Å²) in [4.78, 5) is 26.0. The fourth-order valence-electron chi connectivity index (χ4n) is 2.54. The average Bonchev–Trinajstić information content (AvgIpc) is 2.78. The zero-order valence-corrected chi connectivity index (χ0v) is 11.3. The number of aryl methyl sites for hydroxylation is 1. The summed E-state index contributed by atoms with van der Waals surface area (Å²) in [5, 5.41) is 7.00. The van der Waals surface area contributed by atoms with Crippen LogP contribution in [0.3, 0.4) is 0 Å². The van der Waals surface area contributed by atoms with Crippen molar-refractivity contribution in [1.82, 2.24) is 19.7 Å². The second kappa shape index (κ2) is 4.96. The molecule has 1 aliphatic heterocycles. The molecule has 0 unspecified atom stereocenters. The maximum Gasteiger partial charge on any atom is 0.270 e. The number of amides is 1. The minimum atomic E-state index is -0.172. The predicted octanol–water partition coefficient (Wildman–Crippen LogP) is 0.697. The lowest BCUT2D eigenvalue weighted by Gasteiger charge is -2.21. The molecule has 20 heavy (non-hydrogen) atoms. The highest BCUT2D eigenvalue weighted by Crippen LogP contribution is 2.17. The summed E-state index contributed by atoms with van der Waals surface area (Å²) in [5.74, 6) is -0.112. The first-order valence-electron chi connectivity index (χ1n) is 6.63. The van der Waals surface area contributed by atoms with E-state index in [1.54, 1.807) is 30.3 Å². The molecule has 0 aromatic carbocycles. The Morgan fingerprint density at radius 2 is 2.25 bits per heavy atom. The van der Waals surface area contributed by atoms with Gasteiger partial charge in [0.2, 0.25) is 0 Å². The number of carbonyl (C=O) groups excluding carboxylic acids is 1. The number of aromatic amines is 1. The maximum atomic E-state index is 12.6. The third-order valence-electron chi connectivity index (χ3n) is 3.71. The van der Waals surface area contributed by atoms with Gasteiger partial charge in [0.1, 0.15) is 5.69 Å². The molecule has 104 valence electrons. The number of hydrogen-bond donors (Lipinski definition) is 1. The van der Waals surface area contributed by atoms with Crippen LogP contribution in [0, 0.1) is 0 Å². The van der Waals surface area contributed by atoms with E-state index in [1.165, 1.54) is 10.6 Å². The summed E-state index contributed by atoms with van der Waals surface area (Å²) >= 11 is 0. The number of nitrogens with one attached hydrogen (secondary N) is 1. The van der Waals surface area contributed by atoms with Crippen molar-refractivity contribution in [2.45, 2.75) is 19.4 Å². The lowest BCUT2D eigenvalue weighted by atomic mass is 10.2. The highest BCUT2D eigenvalue weighted by atomic mass is 16.2. The maximum absolute atomic E-state index is 12.6. The Morgan fingerprint density at radius 3 is 3.10 bits per heavy atom. The molecule has 1 amide bonds. The fraction of sp³-hybridized carbons (Fsp3) is 0.357. The summed E-state index contributed by atoms with van der Waals surface area (Å²) < 4.78 is 1.39. The molecule has 6 nitrogen and oxygen atoms in total. The van der Waals surface area contributed by atoms with Crippen molar-refractivity contribution in [2.24, 2.45) is 7.05 Å². The van der Waals surface area contributed by atoms with Gasteiger partial charge in [-0.2, -0.15) is 5.10 Å². The number of H-pyrrole nitrogens is 1. The molecule has 0 atom stereocenters. The number of nitrogens with zero attached hydrogens (tertiary/aromatic N) is 3. The Kier molecular flexibility index (Phi) is 3.14. The first kappa shape index (κ1) is 12.7. The third kappa shape index (κ3) is 2.13. The summed E-state index contributed by atoms with van der Waals surface area (Å²) in [5.41, 5.74) is 2.40. The molecule has 1 aliphatic rings. The molecule has 6 heteroatoms. The van der Waals surface area contributed by atoms with Crippen LogP contribution >= 0.6 is 0 Å². The van der Waals surface area contributed by atoms with Gasteiger partial charge in [-0.25, -0.2) is 0 Å². The van der Waals surface area contributed by atoms with Gasteiger partial charge < -0.3 is 9.47 Å². The van der Waals surface area contributed by atoms with Crippen LogP contribution < -0.4 is 5.56 Å². The number of fused-ring (bicyclic) bond motifs is 1. The van der Waals surface area contributed by atoms with Crippen LogP contribution in [0.15, 0.2) is 29.2 Å². The molecule has 0 bridgehead atoms. The van der Waals surface area contributed by atoms with Gasteiger partial charge in [0.15, 0.2) is 0 Å². The van der Waals surface area contributed by atoms with Crippen molar-refractivity contribution in [3.05, 3.63) is 51.7 Å². The topological polar surface area (TPSA) is 71.0 Å². The van der Waals surface area contributed by atoms with E-state index in [0.29, 0.717) is 18.8 Å². The van der Waals surface area contributed by atoms with E-state index in [9.17, 15) is 9.59 Å². The molecule has 0 saturated carbocycles. The number of pyridine rings is 1. The number of rotatable bonds is 1. The normalized spacial score (nSPS) is 14.8. The molecule has 2 aromatic rings. The van der Waals surface area contributed by atoms with Crippen molar-refractivity contribution in [3.63, 3.8) is 0 Å². The monoisotopic (exact) mass is 272 g/mol. The SMILES string of the molecule is Cn1c(C(=O)N2CCCc3[nH]ncc3C2)cccc1=O. The highest BCUT2D eigenvalue weighted by molar-refractivity contribution is 5.92. The number of aromatic nitrogens is 3. The standard InChI is InChI=1S/C14H16N4O2/c1-17-12(5-2-6-13(17)19)14(20)18-7-3-4-11-10(9-18)8-15-16-11/h2,5-6,8H,3-4,7,9H2,1H3,(H,15,16). The van der Waals surface area contributed by atoms with E-state index in [1.807, 2.05) is 0 Å². The Hall–Kier alpha value is -2.37. The van der Waals surface area contributed by atoms with Crippen molar-refractivity contribution in [1.29, 1.82) is 0 Å². The molecule has 3 rings (SSSR count). The minimum Gasteiger partial charge on any atom is -0.333 e.